The van der Waals surface area contributed by atoms with Gasteiger partial charge >= 0.3 is 0 Å². The number of morpholine rings is 1. The molecule has 6 nitrogen and oxygen atoms in total. The smallest absolute Gasteiger partial charge is 0.191 e. The van der Waals surface area contributed by atoms with Crippen LogP contribution in [-0.4, -0.2) is 61.7 Å². The van der Waals surface area contributed by atoms with Gasteiger partial charge in [-0.05, 0) is 25.7 Å². The molecule has 0 aromatic carbocycles. The standard InChI is InChI=1S/C16H29N3O3.HI/c1-12-3-5-16(6-4-12)21-11-14(22-16)9-18-15(17)19-7-8-20-13(2)10-19;/h12-14H,3-11H2,1-2H3,(H2,17,18);1H. The average Bonchev–Trinajstić information content (AvgIpc) is 2.91. The summed E-state index contributed by atoms with van der Waals surface area (Å²) in [6, 6.07) is 0. The summed E-state index contributed by atoms with van der Waals surface area (Å²) in [5, 5.41) is 0. The Kier molecular flexibility index (Phi) is 6.94. The highest BCUT2D eigenvalue weighted by Gasteiger charge is 2.43. The number of ether oxygens (including phenoxy) is 3. The number of aliphatic imine (C=N–C) groups is 1. The lowest BCUT2D eigenvalue weighted by atomic mass is 9.86. The molecule has 23 heavy (non-hydrogen) atoms. The maximum absolute atomic E-state index is 6.17. The molecule has 3 fully saturated rings. The van der Waals surface area contributed by atoms with Gasteiger partial charge in [0.05, 0.1) is 25.9 Å². The summed E-state index contributed by atoms with van der Waals surface area (Å²) in [5.74, 6) is 1.04. The number of guanidine groups is 1. The monoisotopic (exact) mass is 439 g/mol. The Balaban J connectivity index is 0.00000192. The van der Waals surface area contributed by atoms with E-state index in [9.17, 15) is 0 Å². The molecular weight excluding hydrogens is 409 g/mol. The van der Waals surface area contributed by atoms with Crippen molar-refractivity contribution in [1.82, 2.24) is 4.90 Å². The number of rotatable bonds is 2. The van der Waals surface area contributed by atoms with Gasteiger partial charge in [-0.1, -0.05) is 6.92 Å². The summed E-state index contributed by atoms with van der Waals surface area (Å²) in [6.07, 6.45) is 4.62. The van der Waals surface area contributed by atoms with E-state index in [1.165, 1.54) is 12.8 Å². The Morgan fingerprint density at radius 1 is 1.30 bits per heavy atom. The summed E-state index contributed by atoms with van der Waals surface area (Å²) in [6.45, 7) is 7.89. The molecule has 134 valence electrons. The summed E-state index contributed by atoms with van der Waals surface area (Å²) < 4.78 is 17.7. The quantitative estimate of drug-likeness (QED) is 0.405. The first-order valence-corrected chi connectivity index (χ1v) is 8.54. The number of halogens is 1. The maximum atomic E-state index is 6.17. The van der Waals surface area contributed by atoms with Crippen molar-refractivity contribution in [3.8, 4) is 0 Å². The topological polar surface area (TPSA) is 69.3 Å². The summed E-state index contributed by atoms with van der Waals surface area (Å²) in [7, 11) is 0. The molecule has 1 saturated carbocycles. The van der Waals surface area contributed by atoms with E-state index in [1.807, 2.05) is 0 Å². The van der Waals surface area contributed by atoms with Crippen LogP contribution in [0, 0.1) is 5.92 Å². The highest BCUT2D eigenvalue weighted by atomic mass is 127. The first-order chi connectivity index (χ1) is 10.6. The minimum absolute atomic E-state index is 0. The van der Waals surface area contributed by atoms with Crippen LogP contribution in [0.25, 0.3) is 0 Å². The van der Waals surface area contributed by atoms with Crippen LogP contribution in [0.5, 0.6) is 0 Å². The Hall–Kier alpha value is -0.120. The molecule has 0 radical (unpaired) electrons. The predicted octanol–water partition coefficient (Wildman–Crippen LogP) is 1.96. The second kappa shape index (κ2) is 8.31. The van der Waals surface area contributed by atoms with Crippen LogP contribution in [0.15, 0.2) is 4.99 Å². The van der Waals surface area contributed by atoms with Crippen molar-refractivity contribution in [2.45, 2.75) is 57.5 Å². The van der Waals surface area contributed by atoms with Crippen LogP contribution >= 0.6 is 24.0 Å². The van der Waals surface area contributed by atoms with Crippen LogP contribution in [0.4, 0.5) is 0 Å². The van der Waals surface area contributed by atoms with Gasteiger partial charge in [0, 0.05) is 25.9 Å². The first-order valence-electron chi connectivity index (χ1n) is 8.54. The molecule has 2 saturated heterocycles. The molecule has 0 bridgehead atoms. The van der Waals surface area contributed by atoms with Crippen molar-refractivity contribution < 1.29 is 14.2 Å². The lowest BCUT2D eigenvalue weighted by Crippen LogP contribution is -2.48. The molecule has 2 heterocycles. The second-order valence-corrected chi connectivity index (χ2v) is 6.97. The fraction of sp³-hybridized carbons (Fsp3) is 0.938. The summed E-state index contributed by atoms with van der Waals surface area (Å²) >= 11 is 0. The minimum atomic E-state index is -0.338. The molecule has 0 aromatic heterocycles. The van der Waals surface area contributed by atoms with Crippen molar-refractivity contribution in [1.29, 1.82) is 0 Å². The van der Waals surface area contributed by atoms with E-state index in [2.05, 4.69) is 23.7 Å². The predicted molar refractivity (Wildman–Crippen MR) is 100 cm³/mol. The fourth-order valence-corrected chi connectivity index (χ4v) is 3.49. The van der Waals surface area contributed by atoms with E-state index in [0.29, 0.717) is 25.7 Å². The van der Waals surface area contributed by atoms with E-state index in [4.69, 9.17) is 19.9 Å². The number of hydrogen-bond donors (Lipinski definition) is 1. The maximum Gasteiger partial charge on any atom is 0.191 e. The van der Waals surface area contributed by atoms with Gasteiger partial charge in [-0.25, -0.2) is 0 Å². The van der Waals surface area contributed by atoms with E-state index >= 15 is 0 Å². The average molecular weight is 439 g/mol. The lowest BCUT2D eigenvalue weighted by molar-refractivity contribution is -0.190. The third kappa shape index (κ3) is 4.93. The van der Waals surface area contributed by atoms with Crippen LogP contribution in [0.3, 0.4) is 0 Å². The third-order valence-corrected chi connectivity index (χ3v) is 4.97. The lowest BCUT2D eigenvalue weighted by Gasteiger charge is -2.34. The van der Waals surface area contributed by atoms with Gasteiger partial charge < -0.3 is 24.8 Å². The molecular formula is C16H30IN3O3. The first kappa shape index (κ1) is 19.2. The zero-order valence-corrected chi connectivity index (χ0v) is 16.5. The minimum Gasteiger partial charge on any atom is -0.375 e. The van der Waals surface area contributed by atoms with Crippen molar-refractivity contribution in [2.75, 3.05) is 32.8 Å². The van der Waals surface area contributed by atoms with Crippen LogP contribution in [0.2, 0.25) is 0 Å². The molecule has 1 aliphatic carbocycles. The van der Waals surface area contributed by atoms with Crippen molar-refractivity contribution in [2.24, 2.45) is 16.6 Å². The zero-order valence-electron chi connectivity index (χ0n) is 14.2. The van der Waals surface area contributed by atoms with Gasteiger partial charge in [0.15, 0.2) is 11.7 Å². The summed E-state index contributed by atoms with van der Waals surface area (Å²) in [4.78, 5) is 6.60. The van der Waals surface area contributed by atoms with Gasteiger partial charge in [-0.3, -0.25) is 4.99 Å². The fourth-order valence-electron chi connectivity index (χ4n) is 3.49. The SMILES string of the molecule is CC1CCC2(CC1)OCC(CN=C(N)N1CCOC(C)C1)O2.I. The van der Waals surface area contributed by atoms with E-state index in [0.717, 1.165) is 31.8 Å². The summed E-state index contributed by atoms with van der Waals surface area (Å²) in [5.41, 5.74) is 6.10. The molecule has 3 rings (SSSR count). The molecule has 2 atom stereocenters. The Morgan fingerprint density at radius 3 is 2.74 bits per heavy atom. The molecule has 2 unspecified atom stereocenters. The molecule has 1 spiro atoms. The van der Waals surface area contributed by atoms with Crippen LogP contribution in [0.1, 0.15) is 39.5 Å². The number of hydrogen-bond acceptors (Lipinski definition) is 4. The third-order valence-electron chi connectivity index (χ3n) is 4.97. The number of nitrogens with zero attached hydrogens (tertiary/aromatic N) is 2. The van der Waals surface area contributed by atoms with Crippen molar-refractivity contribution in [3.05, 3.63) is 0 Å². The van der Waals surface area contributed by atoms with Crippen LogP contribution in [-0.2, 0) is 14.2 Å². The molecule has 7 heteroatoms. The number of nitrogens with two attached hydrogens (primary N) is 1. The van der Waals surface area contributed by atoms with Crippen LogP contribution < -0.4 is 5.73 Å². The van der Waals surface area contributed by atoms with Crippen molar-refractivity contribution in [3.63, 3.8) is 0 Å². The van der Waals surface area contributed by atoms with Crippen molar-refractivity contribution >= 4 is 29.9 Å². The Bertz CT molecular complexity index is 413. The molecule has 2 aliphatic heterocycles. The highest BCUT2D eigenvalue weighted by molar-refractivity contribution is 14.0. The molecule has 0 amide bonds. The Morgan fingerprint density at radius 2 is 2.04 bits per heavy atom. The van der Waals surface area contributed by atoms with Gasteiger partial charge in [0.2, 0.25) is 0 Å². The van der Waals surface area contributed by atoms with E-state index in [1.54, 1.807) is 0 Å². The molecule has 2 N–H and O–H groups in total. The Labute approximate surface area is 156 Å². The van der Waals surface area contributed by atoms with Gasteiger partial charge in [0.1, 0.15) is 6.10 Å². The van der Waals surface area contributed by atoms with Gasteiger partial charge in [0.25, 0.3) is 0 Å². The van der Waals surface area contributed by atoms with E-state index in [-0.39, 0.29) is 42.0 Å². The van der Waals surface area contributed by atoms with E-state index < -0.39 is 0 Å². The highest BCUT2D eigenvalue weighted by Crippen LogP contribution is 2.39. The molecule has 0 aromatic rings. The molecule has 3 aliphatic rings. The van der Waals surface area contributed by atoms with Gasteiger partial charge in [-0.15, -0.1) is 24.0 Å². The second-order valence-electron chi connectivity index (χ2n) is 6.97. The largest absolute Gasteiger partial charge is 0.375 e. The normalized spacial score (nSPS) is 38.6. The zero-order chi connectivity index (χ0) is 15.6. The van der Waals surface area contributed by atoms with Gasteiger partial charge in [-0.2, -0.15) is 0 Å².